The van der Waals surface area contributed by atoms with Gasteiger partial charge in [0.2, 0.25) is 0 Å². The van der Waals surface area contributed by atoms with E-state index in [1.54, 1.807) is 7.11 Å². The lowest BCUT2D eigenvalue weighted by molar-refractivity contribution is 0.290. The maximum Gasteiger partial charge on any atom is 0.123 e. The number of fused-ring (bicyclic) bond motifs is 1. The molecule has 0 fully saturated rings. The molecule has 0 aromatic heterocycles. The predicted molar refractivity (Wildman–Crippen MR) is 56.2 cm³/mol. The van der Waals surface area contributed by atoms with Gasteiger partial charge in [-0.2, -0.15) is 0 Å². The third kappa shape index (κ3) is 1.61. The summed E-state index contributed by atoms with van der Waals surface area (Å²) in [5.74, 6) is 1.00. The molecular weight excluding hydrogens is 176 g/mol. The van der Waals surface area contributed by atoms with Crippen LogP contribution in [0.2, 0.25) is 0 Å². The molecule has 0 bridgehead atoms. The lowest BCUT2D eigenvalue weighted by atomic mass is 10.1. The molecule has 1 aliphatic heterocycles. The average molecular weight is 192 g/mol. The number of methoxy groups -OCH3 is 1. The molecule has 2 rings (SSSR count). The fraction of sp³-hybridized carbons (Fsp3) is 0.455. The van der Waals surface area contributed by atoms with Gasteiger partial charge in [0.25, 0.3) is 0 Å². The van der Waals surface area contributed by atoms with Gasteiger partial charge in [-0.15, -0.1) is 0 Å². The van der Waals surface area contributed by atoms with Crippen LogP contribution in [0.25, 0.3) is 0 Å². The molecule has 1 aliphatic rings. The Balaban J connectivity index is 2.21. The van der Waals surface area contributed by atoms with Crippen LogP contribution in [-0.2, 0) is 13.1 Å². The molecule has 0 aliphatic carbocycles. The predicted octanol–water partition coefficient (Wildman–Crippen LogP) is 0.969. The Morgan fingerprint density at radius 1 is 1.43 bits per heavy atom. The van der Waals surface area contributed by atoms with Gasteiger partial charge in [0.15, 0.2) is 0 Å². The Bertz CT molecular complexity index is 325. The summed E-state index contributed by atoms with van der Waals surface area (Å²) in [6, 6.07) is 6.22. The van der Waals surface area contributed by atoms with Crippen molar-refractivity contribution in [3.63, 3.8) is 0 Å². The zero-order chi connectivity index (χ0) is 9.97. The van der Waals surface area contributed by atoms with Crippen LogP contribution in [0.5, 0.6) is 5.75 Å². The summed E-state index contributed by atoms with van der Waals surface area (Å²) in [6.07, 6.45) is 0. The zero-order valence-corrected chi connectivity index (χ0v) is 8.49. The normalized spacial score (nSPS) is 15.6. The number of nitrogens with zero attached hydrogens (tertiary/aromatic N) is 1. The SMILES string of the molecule is COc1cccc2c1CN(CCN)C2. The van der Waals surface area contributed by atoms with E-state index in [4.69, 9.17) is 10.5 Å². The molecule has 0 saturated heterocycles. The maximum atomic E-state index is 5.54. The van der Waals surface area contributed by atoms with Crippen molar-refractivity contribution in [2.24, 2.45) is 5.73 Å². The fourth-order valence-electron chi connectivity index (χ4n) is 1.99. The molecule has 2 N–H and O–H groups in total. The molecule has 1 aromatic rings. The Morgan fingerprint density at radius 3 is 3.00 bits per heavy atom. The van der Waals surface area contributed by atoms with Crippen molar-refractivity contribution in [2.45, 2.75) is 13.1 Å². The van der Waals surface area contributed by atoms with Crippen LogP contribution in [0.4, 0.5) is 0 Å². The van der Waals surface area contributed by atoms with Crippen LogP contribution in [0.15, 0.2) is 18.2 Å². The summed E-state index contributed by atoms with van der Waals surface area (Å²) in [5.41, 5.74) is 8.24. The minimum atomic E-state index is 0.719. The van der Waals surface area contributed by atoms with Gasteiger partial charge in [-0.05, 0) is 11.6 Å². The summed E-state index contributed by atoms with van der Waals surface area (Å²) in [7, 11) is 1.72. The van der Waals surface area contributed by atoms with Crippen LogP contribution in [0.3, 0.4) is 0 Å². The van der Waals surface area contributed by atoms with Crippen molar-refractivity contribution >= 4 is 0 Å². The number of hydrogen-bond donors (Lipinski definition) is 1. The molecule has 1 heterocycles. The average Bonchev–Trinajstić information content (AvgIpc) is 2.60. The van der Waals surface area contributed by atoms with E-state index in [2.05, 4.69) is 11.0 Å². The van der Waals surface area contributed by atoms with Crippen LogP contribution >= 0.6 is 0 Å². The second kappa shape index (κ2) is 3.98. The van der Waals surface area contributed by atoms with Gasteiger partial charge in [0.1, 0.15) is 5.75 Å². The molecule has 0 atom stereocenters. The molecule has 0 radical (unpaired) electrons. The van der Waals surface area contributed by atoms with Crippen LogP contribution in [0.1, 0.15) is 11.1 Å². The monoisotopic (exact) mass is 192 g/mol. The van der Waals surface area contributed by atoms with E-state index < -0.39 is 0 Å². The number of nitrogens with two attached hydrogens (primary N) is 1. The van der Waals surface area contributed by atoms with E-state index in [0.717, 1.165) is 31.9 Å². The smallest absolute Gasteiger partial charge is 0.123 e. The van der Waals surface area contributed by atoms with Gasteiger partial charge in [0.05, 0.1) is 7.11 Å². The Labute approximate surface area is 84.5 Å². The third-order valence-corrected chi connectivity index (χ3v) is 2.67. The van der Waals surface area contributed by atoms with Crippen molar-refractivity contribution < 1.29 is 4.74 Å². The Kier molecular flexibility index (Phi) is 2.70. The Morgan fingerprint density at radius 2 is 2.29 bits per heavy atom. The maximum absolute atomic E-state index is 5.54. The molecule has 76 valence electrons. The van der Waals surface area contributed by atoms with Crippen LogP contribution < -0.4 is 10.5 Å². The first-order chi connectivity index (χ1) is 6.85. The first kappa shape index (κ1) is 9.49. The largest absolute Gasteiger partial charge is 0.496 e. The highest BCUT2D eigenvalue weighted by molar-refractivity contribution is 5.42. The van der Waals surface area contributed by atoms with Gasteiger partial charge in [-0.3, -0.25) is 4.90 Å². The molecule has 0 spiro atoms. The summed E-state index contributed by atoms with van der Waals surface area (Å²) in [6.45, 7) is 3.65. The molecule has 0 unspecified atom stereocenters. The number of ether oxygens (including phenoxy) is 1. The lowest BCUT2D eigenvalue weighted by Crippen LogP contribution is -2.24. The van der Waals surface area contributed by atoms with Crippen LogP contribution in [0, 0.1) is 0 Å². The molecule has 3 nitrogen and oxygen atoms in total. The van der Waals surface area contributed by atoms with Crippen molar-refractivity contribution in [2.75, 3.05) is 20.2 Å². The van der Waals surface area contributed by atoms with E-state index >= 15 is 0 Å². The standard InChI is InChI=1S/C11H16N2O/c1-14-11-4-2-3-9-7-13(6-5-12)8-10(9)11/h2-4H,5-8,12H2,1H3. The third-order valence-electron chi connectivity index (χ3n) is 2.67. The number of hydrogen-bond acceptors (Lipinski definition) is 3. The lowest BCUT2D eigenvalue weighted by Gasteiger charge is -2.12. The highest BCUT2D eigenvalue weighted by Crippen LogP contribution is 2.30. The second-order valence-electron chi connectivity index (χ2n) is 3.60. The van der Waals surface area contributed by atoms with E-state index in [1.807, 2.05) is 12.1 Å². The van der Waals surface area contributed by atoms with Crippen molar-refractivity contribution in [1.82, 2.24) is 4.90 Å². The van der Waals surface area contributed by atoms with Crippen molar-refractivity contribution in [3.05, 3.63) is 29.3 Å². The highest BCUT2D eigenvalue weighted by atomic mass is 16.5. The minimum absolute atomic E-state index is 0.719. The summed E-state index contributed by atoms with van der Waals surface area (Å²) in [5, 5.41) is 0. The second-order valence-corrected chi connectivity index (χ2v) is 3.60. The Hall–Kier alpha value is -1.06. The van der Waals surface area contributed by atoms with Crippen LogP contribution in [-0.4, -0.2) is 25.1 Å². The zero-order valence-electron chi connectivity index (χ0n) is 8.49. The van der Waals surface area contributed by atoms with Gasteiger partial charge >= 0.3 is 0 Å². The first-order valence-electron chi connectivity index (χ1n) is 4.92. The quantitative estimate of drug-likeness (QED) is 0.775. The van der Waals surface area contributed by atoms with E-state index in [9.17, 15) is 0 Å². The van der Waals surface area contributed by atoms with Crippen molar-refractivity contribution in [3.8, 4) is 5.75 Å². The molecule has 14 heavy (non-hydrogen) atoms. The van der Waals surface area contributed by atoms with E-state index in [1.165, 1.54) is 11.1 Å². The number of rotatable bonds is 3. The van der Waals surface area contributed by atoms with Gasteiger partial charge in [0, 0.05) is 31.7 Å². The van der Waals surface area contributed by atoms with Gasteiger partial charge in [-0.25, -0.2) is 0 Å². The molecular formula is C11H16N2O. The summed E-state index contributed by atoms with van der Waals surface area (Å²) >= 11 is 0. The molecule has 3 heteroatoms. The molecule has 0 amide bonds. The van der Waals surface area contributed by atoms with Gasteiger partial charge < -0.3 is 10.5 Å². The first-order valence-corrected chi connectivity index (χ1v) is 4.92. The van der Waals surface area contributed by atoms with Crippen molar-refractivity contribution in [1.29, 1.82) is 0 Å². The van der Waals surface area contributed by atoms with E-state index in [0.29, 0.717) is 0 Å². The molecule has 1 aromatic carbocycles. The minimum Gasteiger partial charge on any atom is -0.496 e. The summed E-state index contributed by atoms with van der Waals surface area (Å²) in [4.78, 5) is 2.34. The van der Waals surface area contributed by atoms with Gasteiger partial charge in [-0.1, -0.05) is 12.1 Å². The highest BCUT2D eigenvalue weighted by Gasteiger charge is 2.20. The molecule has 0 saturated carbocycles. The van der Waals surface area contributed by atoms with E-state index in [-0.39, 0.29) is 0 Å². The fourth-order valence-corrected chi connectivity index (χ4v) is 1.99. The topological polar surface area (TPSA) is 38.5 Å². The summed E-state index contributed by atoms with van der Waals surface area (Å²) < 4.78 is 5.33. The number of benzene rings is 1.